The lowest BCUT2D eigenvalue weighted by atomic mass is 10.2. The number of halogens is 2. The summed E-state index contributed by atoms with van der Waals surface area (Å²) in [5, 5.41) is 5.96. The number of carbonyl (C=O) groups is 2. The minimum absolute atomic E-state index is 0.0724. The van der Waals surface area contributed by atoms with Crippen LogP contribution in [0.1, 0.15) is 19.8 Å². The first-order valence-electron chi connectivity index (χ1n) is 8.94. The van der Waals surface area contributed by atoms with Gasteiger partial charge in [-0.1, -0.05) is 11.6 Å². The number of nitrogens with zero attached hydrogens (tertiary/aromatic N) is 2. The SMILES string of the molecule is CC(C(=O)Nc1cc(Cl)ccc1F)N1CCN(CC(=O)NC2CC2)CC1. The molecule has 1 atom stereocenters. The van der Waals surface area contributed by atoms with Crippen LogP contribution in [0.25, 0.3) is 0 Å². The van der Waals surface area contributed by atoms with Crippen LogP contribution in [0.15, 0.2) is 18.2 Å². The molecule has 2 fully saturated rings. The Labute approximate surface area is 157 Å². The van der Waals surface area contributed by atoms with Crippen molar-refractivity contribution in [1.82, 2.24) is 15.1 Å². The second-order valence-electron chi connectivity index (χ2n) is 6.94. The number of carbonyl (C=O) groups excluding carboxylic acids is 2. The van der Waals surface area contributed by atoms with Crippen molar-refractivity contribution >= 4 is 29.1 Å². The van der Waals surface area contributed by atoms with Crippen molar-refractivity contribution in [3.63, 3.8) is 0 Å². The van der Waals surface area contributed by atoms with Crippen LogP contribution in [0.3, 0.4) is 0 Å². The van der Waals surface area contributed by atoms with E-state index in [1.165, 1.54) is 18.2 Å². The average molecular weight is 383 g/mol. The molecule has 1 aromatic carbocycles. The predicted octanol–water partition coefficient (Wildman–Crippen LogP) is 1.70. The number of benzene rings is 1. The maximum Gasteiger partial charge on any atom is 0.241 e. The first-order chi connectivity index (χ1) is 12.4. The molecule has 142 valence electrons. The Morgan fingerprint density at radius 1 is 1.27 bits per heavy atom. The number of piperazine rings is 1. The summed E-state index contributed by atoms with van der Waals surface area (Å²) in [5.74, 6) is -0.712. The van der Waals surface area contributed by atoms with E-state index in [1.807, 2.05) is 4.90 Å². The fraction of sp³-hybridized carbons (Fsp3) is 0.556. The van der Waals surface area contributed by atoms with E-state index < -0.39 is 11.9 Å². The Morgan fingerprint density at radius 3 is 2.62 bits per heavy atom. The first kappa shape index (κ1) is 19.1. The molecular formula is C18H24ClFN4O2. The van der Waals surface area contributed by atoms with Gasteiger partial charge in [0.05, 0.1) is 18.3 Å². The Morgan fingerprint density at radius 2 is 1.96 bits per heavy atom. The molecule has 3 rings (SSSR count). The third-order valence-corrected chi connectivity index (χ3v) is 5.07. The maximum atomic E-state index is 13.8. The largest absolute Gasteiger partial charge is 0.352 e. The van der Waals surface area contributed by atoms with Gasteiger partial charge in [0.2, 0.25) is 11.8 Å². The van der Waals surface area contributed by atoms with Gasteiger partial charge in [0, 0.05) is 37.2 Å². The Bertz CT molecular complexity index is 675. The van der Waals surface area contributed by atoms with E-state index >= 15 is 0 Å². The van der Waals surface area contributed by atoms with Crippen LogP contribution in [0.5, 0.6) is 0 Å². The summed E-state index contributed by atoms with van der Waals surface area (Å²) in [6, 6.07) is 4.05. The number of hydrogen-bond donors (Lipinski definition) is 2. The highest BCUT2D eigenvalue weighted by Crippen LogP contribution is 2.20. The van der Waals surface area contributed by atoms with Crippen LogP contribution >= 0.6 is 11.6 Å². The Kier molecular flexibility index (Phi) is 6.11. The maximum absolute atomic E-state index is 13.8. The monoisotopic (exact) mass is 382 g/mol. The molecule has 1 saturated carbocycles. The lowest BCUT2D eigenvalue weighted by Gasteiger charge is -2.37. The molecule has 2 N–H and O–H groups in total. The minimum Gasteiger partial charge on any atom is -0.352 e. The van der Waals surface area contributed by atoms with Gasteiger partial charge in [-0.25, -0.2) is 4.39 Å². The second-order valence-corrected chi connectivity index (χ2v) is 7.38. The van der Waals surface area contributed by atoms with Gasteiger partial charge in [-0.2, -0.15) is 0 Å². The van der Waals surface area contributed by atoms with Crippen molar-refractivity contribution in [1.29, 1.82) is 0 Å². The molecule has 2 aliphatic rings. The highest BCUT2D eigenvalue weighted by Gasteiger charge is 2.28. The lowest BCUT2D eigenvalue weighted by Crippen LogP contribution is -2.54. The van der Waals surface area contributed by atoms with Crippen LogP contribution in [-0.2, 0) is 9.59 Å². The highest BCUT2D eigenvalue weighted by molar-refractivity contribution is 6.30. The second kappa shape index (κ2) is 8.33. The van der Waals surface area contributed by atoms with Gasteiger partial charge in [0.1, 0.15) is 5.82 Å². The summed E-state index contributed by atoms with van der Waals surface area (Å²) in [7, 11) is 0. The lowest BCUT2D eigenvalue weighted by molar-refractivity contribution is -0.124. The zero-order valence-corrected chi connectivity index (χ0v) is 15.6. The molecule has 1 heterocycles. The minimum atomic E-state index is -0.513. The summed E-state index contributed by atoms with van der Waals surface area (Å²) in [4.78, 5) is 28.4. The van der Waals surface area contributed by atoms with E-state index in [0.29, 0.717) is 30.7 Å². The van der Waals surface area contributed by atoms with Gasteiger partial charge < -0.3 is 10.6 Å². The van der Waals surface area contributed by atoms with E-state index in [2.05, 4.69) is 15.5 Å². The van der Waals surface area contributed by atoms with Crippen LogP contribution in [0, 0.1) is 5.82 Å². The highest BCUT2D eigenvalue weighted by atomic mass is 35.5. The third kappa shape index (κ3) is 5.16. The molecule has 0 radical (unpaired) electrons. The fourth-order valence-corrected chi connectivity index (χ4v) is 3.18. The first-order valence-corrected chi connectivity index (χ1v) is 9.32. The van der Waals surface area contributed by atoms with Gasteiger partial charge >= 0.3 is 0 Å². The van der Waals surface area contributed by atoms with E-state index in [0.717, 1.165) is 25.9 Å². The summed E-state index contributed by atoms with van der Waals surface area (Å²) in [6.45, 7) is 5.01. The van der Waals surface area contributed by atoms with Gasteiger partial charge in [0.25, 0.3) is 0 Å². The van der Waals surface area contributed by atoms with Gasteiger partial charge in [-0.3, -0.25) is 19.4 Å². The number of nitrogens with one attached hydrogen (secondary N) is 2. The summed E-state index contributed by atoms with van der Waals surface area (Å²) < 4.78 is 13.8. The standard InChI is InChI=1S/C18H24ClFN4O2/c1-12(18(26)22-16-10-13(19)2-5-15(16)20)24-8-6-23(7-9-24)11-17(25)21-14-3-4-14/h2,5,10,12,14H,3-4,6-9,11H2,1H3,(H,21,25)(H,22,26). The molecular weight excluding hydrogens is 359 g/mol. The van der Waals surface area contributed by atoms with E-state index in [9.17, 15) is 14.0 Å². The number of hydrogen-bond acceptors (Lipinski definition) is 4. The van der Waals surface area contributed by atoms with Crippen molar-refractivity contribution in [3.8, 4) is 0 Å². The van der Waals surface area contributed by atoms with Crippen molar-refractivity contribution in [2.75, 3.05) is 38.0 Å². The average Bonchev–Trinajstić information content (AvgIpc) is 3.42. The van der Waals surface area contributed by atoms with Crippen LogP contribution < -0.4 is 10.6 Å². The van der Waals surface area contributed by atoms with Crippen LogP contribution in [0.2, 0.25) is 5.02 Å². The van der Waals surface area contributed by atoms with Crippen molar-refractivity contribution in [2.45, 2.75) is 31.8 Å². The molecule has 0 bridgehead atoms. The molecule has 1 aliphatic carbocycles. The summed E-state index contributed by atoms with van der Waals surface area (Å²) >= 11 is 5.85. The van der Waals surface area contributed by atoms with Crippen LogP contribution in [-0.4, -0.2) is 66.4 Å². The molecule has 2 amide bonds. The number of anilines is 1. The molecule has 8 heteroatoms. The predicted molar refractivity (Wildman–Crippen MR) is 98.7 cm³/mol. The molecule has 1 aromatic rings. The zero-order chi connectivity index (χ0) is 18.7. The van der Waals surface area contributed by atoms with Crippen molar-refractivity contribution < 1.29 is 14.0 Å². The van der Waals surface area contributed by atoms with Gasteiger partial charge in [-0.05, 0) is 38.0 Å². The van der Waals surface area contributed by atoms with Gasteiger partial charge in [0.15, 0.2) is 0 Å². The topological polar surface area (TPSA) is 64.7 Å². The number of amides is 2. The quantitative estimate of drug-likeness (QED) is 0.786. The molecule has 1 aliphatic heterocycles. The zero-order valence-electron chi connectivity index (χ0n) is 14.8. The smallest absolute Gasteiger partial charge is 0.241 e. The fourth-order valence-electron chi connectivity index (χ4n) is 3.01. The summed E-state index contributed by atoms with van der Waals surface area (Å²) in [5.41, 5.74) is 0.0877. The van der Waals surface area contributed by atoms with E-state index in [-0.39, 0.29) is 17.5 Å². The van der Waals surface area contributed by atoms with E-state index in [1.54, 1.807) is 6.92 Å². The molecule has 6 nitrogen and oxygen atoms in total. The summed E-state index contributed by atoms with van der Waals surface area (Å²) in [6.07, 6.45) is 2.17. The van der Waals surface area contributed by atoms with Crippen molar-refractivity contribution in [3.05, 3.63) is 29.0 Å². The molecule has 0 aromatic heterocycles. The molecule has 1 unspecified atom stereocenters. The normalized spacial score (nSPS) is 19.8. The molecule has 0 spiro atoms. The van der Waals surface area contributed by atoms with E-state index in [4.69, 9.17) is 11.6 Å². The third-order valence-electron chi connectivity index (χ3n) is 4.83. The molecule has 26 heavy (non-hydrogen) atoms. The van der Waals surface area contributed by atoms with Crippen LogP contribution in [0.4, 0.5) is 10.1 Å². The van der Waals surface area contributed by atoms with Gasteiger partial charge in [-0.15, -0.1) is 0 Å². The van der Waals surface area contributed by atoms with Crippen molar-refractivity contribution in [2.24, 2.45) is 0 Å². The Hall–Kier alpha value is -1.70. The number of rotatable bonds is 6. The molecule has 1 saturated heterocycles. The Balaban J connectivity index is 1.46.